The Hall–Kier alpha value is -1.83. The van der Waals surface area contributed by atoms with Crippen LogP contribution in [0.15, 0.2) is 36.4 Å². The molecule has 0 aromatic heterocycles. The Kier molecular flexibility index (Phi) is 1.96. The van der Waals surface area contributed by atoms with Gasteiger partial charge in [0.05, 0.1) is 5.92 Å². The Morgan fingerprint density at radius 2 is 1.88 bits per heavy atom. The summed E-state index contributed by atoms with van der Waals surface area (Å²) in [5.74, 6) is -1.01. The normalized spacial score (nSPS) is 18.6. The lowest BCUT2D eigenvalue weighted by molar-refractivity contribution is -0.138. The van der Waals surface area contributed by atoms with Crippen molar-refractivity contribution >= 4 is 16.7 Å². The van der Waals surface area contributed by atoms with E-state index in [9.17, 15) is 4.79 Å². The number of hydrogen-bond donors (Lipinski definition) is 1. The van der Waals surface area contributed by atoms with E-state index in [2.05, 4.69) is 12.1 Å². The van der Waals surface area contributed by atoms with E-state index in [1.54, 1.807) is 0 Å². The Morgan fingerprint density at radius 1 is 1.19 bits per heavy atom. The van der Waals surface area contributed by atoms with E-state index in [-0.39, 0.29) is 5.92 Å². The van der Waals surface area contributed by atoms with Gasteiger partial charge in [-0.15, -0.1) is 0 Å². The molecule has 1 atom stereocenters. The van der Waals surface area contributed by atoms with Crippen molar-refractivity contribution in [1.82, 2.24) is 0 Å². The number of carboxylic acid groups (broad SMARTS) is 1. The number of hydrogen-bond acceptors (Lipinski definition) is 1. The Bertz CT molecular complexity index is 572. The molecule has 0 heterocycles. The molecule has 2 nitrogen and oxygen atoms in total. The first kappa shape index (κ1) is 9.40. The summed E-state index contributed by atoms with van der Waals surface area (Å²) in [5.41, 5.74) is 2.21. The van der Waals surface area contributed by atoms with E-state index in [4.69, 9.17) is 5.11 Å². The van der Waals surface area contributed by atoms with Crippen molar-refractivity contribution in [2.45, 2.75) is 18.8 Å². The van der Waals surface area contributed by atoms with Crippen molar-refractivity contribution in [3.05, 3.63) is 47.5 Å². The topological polar surface area (TPSA) is 37.3 Å². The summed E-state index contributed by atoms with van der Waals surface area (Å²) in [7, 11) is 0. The monoisotopic (exact) mass is 212 g/mol. The number of rotatable bonds is 1. The van der Waals surface area contributed by atoms with Gasteiger partial charge in [-0.05, 0) is 34.7 Å². The number of aryl methyl sites for hydroxylation is 1. The summed E-state index contributed by atoms with van der Waals surface area (Å²) in [6, 6.07) is 12.3. The van der Waals surface area contributed by atoms with Crippen LogP contribution in [0.25, 0.3) is 10.8 Å². The third-order valence-electron chi connectivity index (χ3n) is 3.38. The molecule has 0 saturated carbocycles. The molecule has 2 aromatic carbocycles. The minimum absolute atomic E-state index is 0.306. The zero-order valence-corrected chi connectivity index (χ0v) is 8.81. The Labute approximate surface area is 93.5 Å². The largest absolute Gasteiger partial charge is 0.481 e. The molecule has 2 heteroatoms. The predicted molar refractivity (Wildman–Crippen MR) is 62.6 cm³/mol. The highest BCUT2D eigenvalue weighted by Gasteiger charge is 2.28. The molecule has 1 aliphatic carbocycles. The standard InChI is InChI=1S/C14H12O2/c15-14(16)12-6-5-11-7-9-3-1-2-4-10(9)8-13(11)12/h1-4,7-8,12H,5-6H2,(H,15,16). The summed E-state index contributed by atoms with van der Waals surface area (Å²) < 4.78 is 0. The molecule has 80 valence electrons. The van der Waals surface area contributed by atoms with Crippen molar-refractivity contribution in [3.8, 4) is 0 Å². The van der Waals surface area contributed by atoms with Crippen molar-refractivity contribution in [1.29, 1.82) is 0 Å². The van der Waals surface area contributed by atoms with Crippen LogP contribution in [0.2, 0.25) is 0 Å². The molecular formula is C14H12O2. The summed E-state index contributed by atoms with van der Waals surface area (Å²) >= 11 is 0. The Balaban J connectivity index is 2.23. The Morgan fingerprint density at radius 3 is 2.56 bits per heavy atom. The first-order valence-electron chi connectivity index (χ1n) is 5.50. The van der Waals surface area contributed by atoms with E-state index in [0.29, 0.717) is 0 Å². The van der Waals surface area contributed by atoms with Gasteiger partial charge in [0.25, 0.3) is 0 Å². The third-order valence-corrected chi connectivity index (χ3v) is 3.38. The van der Waals surface area contributed by atoms with Crippen LogP contribution in [-0.4, -0.2) is 11.1 Å². The fraction of sp³-hybridized carbons (Fsp3) is 0.214. The molecule has 2 aromatic rings. The minimum Gasteiger partial charge on any atom is -0.481 e. The van der Waals surface area contributed by atoms with Crippen LogP contribution < -0.4 is 0 Å². The van der Waals surface area contributed by atoms with Gasteiger partial charge in [0.15, 0.2) is 0 Å². The summed E-state index contributed by atoms with van der Waals surface area (Å²) in [5, 5.41) is 11.5. The van der Waals surface area contributed by atoms with Gasteiger partial charge in [-0.25, -0.2) is 0 Å². The quantitative estimate of drug-likeness (QED) is 0.789. The van der Waals surface area contributed by atoms with Gasteiger partial charge in [-0.2, -0.15) is 0 Å². The second kappa shape index (κ2) is 3.34. The van der Waals surface area contributed by atoms with Gasteiger partial charge in [-0.3, -0.25) is 4.79 Å². The number of carbonyl (C=O) groups is 1. The van der Waals surface area contributed by atoms with E-state index < -0.39 is 5.97 Å². The van der Waals surface area contributed by atoms with Crippen LogP contribution in [0.5, 0.6) is 0 Å². The summed E-state index contributed by atoms with van der Waals surface area (Å²) in [4.78, 5) is 11.1. The average Bonchev–Trinajstić information content (AvgIpc) is 2.68. The molecule has 0 fully saturated rings. The maximum Gasteiger partial charge on any atom is 0.310 e. The molecule has 0 aliphatic heterocycles. The van der Waals surface area contributed by atoms with Crippen LogP contribution in [0.3, 0.4) is 0 Å². The molecule has 16 heavy (non-hydrogen) atoms. The summed E-state index contributed by atoms with van der Waals surface area (Å²) in [6.45, 7) is 0. The SMILES string of the molecule is O=C(O)C1CCc2cc3ccccc3cc21. The molecule has 0 amide bonds. The smallest absolute Gasteiger partial charge is 0.310 e. The van der Waals surface area contributed by atoms with Crippen molar-refractivity contribution < 1.29 is 9.90 Å². The maximum absolute atomic E-state index is 11.1. The van der Waals surface area contributed by atoms with Crippen molar-refractivity contribution in [3.63, 3.8) is 0 Å². The molecule has 3 rings (SSSR count). The first-order chi connectivity index (χ1) is 7.75. The van der Waals surface area contributed by atoms with Crippen molar-refractivity contribution in [2.24, 2.45) is 0 Å². The van der Waals surface area contributed by atoms with Crippen LogP contribution in [0, 0.1) is 0 Å². The van der Waals surface area contributed by atoms with Gasteiger partial charge in [-0.1, -0.05) is 36.4 Å². The summed E-state index contributed by atoms with van der Waals surface area (Å²) in [6.07, 6.45) is 1.62. The average molecular weight is 212 g/mol. The number of benzene rings is 2. The number of carboxylic acids is 1. The molecule has 0 saturated heterocycles. The van der Waals surface area contributed by atoms with Crippen LogP contribution in [0.1, 0.15) is 23.5 Å². The van der Waals surface area contributed by atoms with Gasteiger partial charge in [0.1, 0.15) is 0 Å². The van der Waals surface area contributed by atoms with Gasteiger partial charge in [0, 0.05) is 0 Å². The fourth-order valence-electron chi connectivity index (χ4n) is 2.56. The number of fused-ring (bicyclic) bond motifs is 2. The number of aliphatic carboxylic acids is 1. The lowest BCUT2D eigenvalue weighted by atomic mass is 9.98. The molecule has 1 unspecified atom stereocenters. The molecule has 1 aliphatic rings. The molecule has 0 spiro atoms. The lowest BCUT2D eigenvalue weighted by Gasteiger charge is -2.07. The fourth-order valence-corrected chi connectivity index (χ4v) is 2.56. The van der Waals surface area contributed by atoms with Crippen LogP contribution >= 0.6 is 0 Å². The molecule has 0 bridgehead atoms. The van der Waals surface area contributed by atoms with Crippen LogP contribution in [0.4, 0.5) is 0 Å². The highest BCUT2D eigenvalue weighted by molar-refractivity contribution is 5.87. The molecule has 0 radical (unpaired) electrons. The van der Waals surface area contributed by atoms with Crippen molar-refractivity contribution in [2.75, 3.05) is 0 Å². The van der Waals surface area contributed by atoms with Gasteiger partial charge < -0.3 is 5.11 Å². The highest BCUT2D eigenvalue weighted by atomic mass is 16.4. The van der Waals surface area contributed by atoms with Gasteiger partial charge >= 0.3 is 5.97 Å². The zero-order valence-electron chi connectivity index (χ0n) is 8.81. The first-order valence-corrected chi connectivity index (χ1v) is 5.50. The highest BCUT2D eigenvalue weighted by Crippen LogP contribution is 2.35. The van der Waals surface area contributed by atoms with Crippen LogP contribution in [-0.2, 0) is 11.2 Å². The maximum atomic E-state index is 11.1. The second-order valence-electron chi connectivity index (χ2n) is 4.33. The predicted octanol–water partition coefficient (Wildman–Crippen LogP) is 2.95. The molecule has 1 N–H and O–H groups in total. The molecular weight excluding hydrogens is 200 g/mol. The van der Waals surface area contributed by atoms with E-state index in [1.807, 2.05) is 24.3 Å². The lowest BCUT2D eigenvalue weighted by Crippen LogP contribution is -2.07. The second-order valence-corrected chi connectivity index (χ2v) is 4.33. The van der Waals surface area contributed by atoms with E-state index in [0.717, 1.165) is 23.8 Å². The van der Waals surface area contributed by atoms with E-state index in [1.165, 1.54) is 10.9 Å². The zero-order chi connectivity index (χ0) is 11.1. The minimum atomic E-state index is -0.700. The van der Waals surface area contributed by atoms with E-state index >= 15 is 0 Å². The van der Waals surface area contributed by atoms with Gasteiger partial charge in [0.2, 0.25) is 0 Å². The third kappa shape index (κ3) is 1.30.